The first-order chi connectivity index (χ1) is 13.1. The molecule has 0 spiro atoms. The Bertz CT molecular complexity index is 612. The van der Waals surface area contributed by atoms with Crippen molar-refractivity contribution in [1.29, 1.82) is 0 Å². The lowest BCUT2D eigenvalue weighted by molar-refractivity contribution is -0.120. The number of benzene rings is 1. The van der Waals surface area contributed by atoms with Gasteiger partial charge in [-0.15, -0.1) is 0 Å². The standard InChI is InChI=1S/C20H32N4O3/c1-21-19(24-15-20(9-4-10-20)11-12-26-2)23-14-18(25)22-13-16-5-7-17(27-3)8-6-16/h5-8H,4,9-15H2,1-3H3,(H,22,25)(H2,21,23,24). The highest BCUT2D eigenvalue weighted by molar-refractivity contribution is 5.86. The molecule has 1 aliphatic carbocycles. The number of aliphatic imine (C=N–C) groups is 1. The van der Waals surface area contributed by atoms with Crippen molar-refractivity contribution in [3.63, 3.8) is 0 Å². The molecule has 1 aromatic carbocycles. The van der Waals surface area contributed by atoms with Gasteiger partial charge in [-0.25, -0.2) is 0 Å². The second kappa shape index (κ2) is 10.8. The van der Waals surface area contributed by atoms with Crippen LogP contribution in [-0.4, -0.2) is 52.8 Å². The van der Waals surface area contributed by atoms with Crippen LogP contribution in [0.15, 0.2) is 29.3 Å². The monoisotopic (exact) mass is 376 g/mol. The van der Waals surface area contributed by atoms with Crippen LogP contribution < -0.4 is 20.7 Å². The van der Waals surface area contributed by atoms with Gasteiger partial charge in [0, 0.05) is 33.9 Å². The molecule has 1 aromatic rings. The van der Waals surface area contributed by atoms with E-state index in [0.717, 1.165) is 30.9 Å². The van der Waals surface area contributed by atoms with Gasteiger partial charge in [-0.2, -0.15) is 0 Å². The van der Waals surface area contributed by atoms with Crippen molar-refractivity contribution in [2.75, 3.05) is 41.0 Å². The Morgan fingerprint density at radius 2 is 1.89 bits per heavy atom. The molecule has 0 radical (unpaired) electrons. The van der Waals surface area contributed by atoms with E-state index in [2.05, 4.69) is 20.9 Å². The first-order valence-electron chi connectivity index (χ1n) is 9.44. The van der Waals surface area contributed by atoms with Gasteiger partial charge in [0.1, 0.15) is 5.75 Å². The van der Waals surface area contributed by atoms with Crippen LogP contribution >= 0.6 is 0 Å². The summed E-state index contributed by atoms with van der Waals surface area (Å²) < 4.78 is 10.4. The van der Waals surface area contributed by atoms with Crippen molar-refractivity contribution in [3.05, 3.63) is 29.8 Å². The number of ether oxygens (including phenoxy) is 2. The maximum absolute atomic E-state index is 12.1. The first-order valence-corrected chi connectivity index (χ1v) is 9.44. The average molecular weight is 377 g/mol. The average Bonchev–Trinajstić information content (AvgIpc) is 2.67. The minimum absolute atomic E-state index is 0.0773. The van der Waals surface area contributed by atoms with Crippen LogP contribution in [0.2, 0.25) is 0 Å². The summed E-state index contributed by atoms with van der Waals surface area (Å²) in [4.78, 5) is 16.3. The molecule has 1 fully saturated rings. The topological polar surface area (TPSA) is 84.0 Å². The predicted octanol–water partition coefficient (Wildman–Crippen LogP) is 1.68. The second-order valence-electron chi connectivity index (χ2n) is 7.00. The highest BCUT2D eigenvalue weighted by Crippen LogP contribution is 2.43. The summed E-state index contributed by atoms with van der Waals surface area (Å²) in [6.45, 7) is 2.29. The van der Waals surface area contributed by atoms with Crippen LogP contribution in [0.4, 0.5) is 0 Å². The molecule has 2 rings (SSSR count). The van der Waals surface area contributed by atoms with Crippen LogP contribution in [0.3, 0.4) is 0 Å². The molecular formula is C20H32N4O3. The number of rotatable bonds is 10. The van der Waals surface area contributed by atoms with E-state index in [1.165, 1.54) is 19.3 Å². The van der Waals surface area contributed by atoms with Crippen molar-refractivity contribution in [2.45, 2.75) is 32.2 Å². The number of hydrogen-bond donors (Lipinski definition) is 3. The van der Waals surface area contributed by atoms with Crippen molar-refractivity contribution >= 4 is 11.9 Å². The fourth-order valence-electron chi connectivity index (χ4n) is 3.17. The second-order valence-corrected chi connectivity index (χ2v) is 7.00. The Morgan fingerprint density at radius 1 is 1.15 bits per heavy atom. The van der Waals surface area contributed by atoms with Gasteiger partial charge in [0.2, 0.25) is 5.91 Å². The van der Waals surface area contributed by atoms with Gasteiger partial charge in [-0.1, -0.05) is 18.6 Å². The van der Waals surface area contributed by atoms with E-state index < -0.39 is 0 Å². The lowest BCUT2D eigenvalue weighted by Crippen LogP contribution is -2.48. The SMILES string of the molecule is CN=C(NCC(=O)NCc1ccc(OC)cc1)NCC1(CCOC)CCC1. The van der Waals surface area contributed by atoms with E-state index in [4.69, 9.17) is 9.47 Å². The van der Waals surface area contributed by atoms with Crippen LogP contribution in [0, 0.1) is 5.41 Å². The van der Waals surface area contributed by atoms with Gasteiger partial charge < -0.3 is 25.4 Å². The Balaban J connectivity index is 1.69. The Hall–Kier alpha value is -2.28. The molecule has 0 saturated heterocycles. The highest BCUT2D eigenvalue weighted by Gasteiger charge is 2.36. The lowest BCUT2D eigenvalue weighted by Gasteiger charge is -2.42. The van der Waals surface area contributed by atoms with Crippen LogP contribution in [0.5, 0.6) is 5.75 Å². The zero-order valence-electron chi connectivity index (χ0n) is 16.6. The molecule has 7 heteroatoms. The zero-order valence-corrected chi connectivity index (χ0v) is 16.6. The number of hydrogen-bond acceptors (Lipinski definition) is 4. The molecule has 0 heterocycles. The number of amides is 1. The number of carbonyl (C=O) groups excluding carboxylic acids is 1. The molecule has 0 bridgehead atoms. The predicted molar refractivity (Wildman–Crippen MR) is 107 cm³/mol. The molecule has 27 heavy (non-hydrogen) atoms. The number of nitrogens with zero attached hydrogens (tertiary/aromatic N) is 1. The maximum Gasteiger partial charge on any atom is 0.239 e. The Kier molecular flexibility index (Phi) is 8.39. The van der Waals surface area contributed by atoms with E-state index in [0.29, 0.717) is 17.9 Å². The molecule has 0 unspecified atom stereocenters. The van der Waals surface area contributed by atoms with Crippen LogP contribution in [0.1, 0.15) is 31.2 Å². The summed E-state index contributed by atoms with van der Waals surface area (Å²) in [6, 6.07) is 7.63. The Labute approximate surface area is 161 Å². The number of methoxy groups -OCH3 is 2. The number of nitrogens with one attached hydrogen (secondary N) is 3. The van der Waals surface area contributed by atoms with Crippen LogP contribution in [0.25, 0.3) is 0 Å². The summed E-state index contributed by atoms with van der Waals surface area (Å²) in [6.07, 6.45) is 4.74. The summed E-state index contributed by atoms with van der Waals surface area (Å²) >= 11 is 0. The normalized spacial score (nSPS) is 15.6. The fourth-order valence-corrected chi connectivity index (χ4v) is 3.17. The number of carbonyl (C=O) groups is 1. The third kappa shape index (κ3) is 6.75. The van der Waals surface area contributed by atoms with Gasteiger partial charge in [-0.05, 0) is 42.4 Å². The molecule has 0 aromatic heterocycles. The zero-order chi connectivity index (χ0) is 19.5. The summed E-state index contributed by atoms with van der Waals surface area (Å²) in [7, 11) is 5.09. The molecule has 150 valence electrons. The minimum atomic E-state index is -0.0773. The first kappa shape index (κ1) is 21.0. The molecule has 0 aliphatic heterocycles. The van der Waals surface area contributed by atoms with Crippen molar-refractivity contribution < 1.29 is 14.3 Å². The molecule has 7 nitrogen and oxygen atoms in total. The molecule has 1 aliphatic rings. The molecule has 0 atom stereocenters. The van der Waals surface area contributed by atoms with Crippen LogP contribution in [-0.2, 0) is 16.1 Å². The van der Waals surface area contributed by atoms with E-state index in [1.807, 2.05) is 24.3 Å². The molecule has 1 saturated carbocycles. The largest absolute Gasteiger partial charge is 0.497 e. The van der Waals surface area contributed by atoms with E-state index in [1.54, 1.807) is 21.3 Å². The molecular weight excluding hydrogens is 344 g/mol. The Morgan fingerprint density at radius 3 is 2.44 bits per heavy atom. The summed E-state index contributed by atoms with van der Waals surface area (Å²) in [5.41, 5.74) is 1.32. The summed E-state index contributed by atoms with van der Waals surface area (Å²) in [5, 5.41) is 9.33. The van der Waals surface area contributed by atoms with Gasteiger partial charge in [0.05, 0.1) is 13.7 Å². The van der Waals surface area contributed by atoms with E-state index in [9.17, 15) is 4.79 Å². The van der Waals surface area contributed by atoms with Gasteiger partial charge in [-0.3, -0.25) is 9.79 Å². The van der Waals surface area contributed by atoms with Crippen molar-refractivity contribution in [3.8, 4) is 5.75 Å². The third-order valence-corrected chi connectivity index (χ3v) is 5.17. The number of guanidine groups is 1. The van der Waals surface area contributed by atoms with Gasteiger partial charge >= 0.3 is 0 Å². The third-order valence-electron chi connectivity index (χ3n) is 5.17. The quantitative estimate of drug-likeness (QED) is 0.427. The minimum Gasteiger partial charge on any atom is -0.497 e. The van der Waals surface area contributed by atoms with Crippen molar-refractivity contribution in [2.24, 2.45) is 10.4 Å². The molecule has 3 N–H and O–H groups in total. The van der Waals surface area contributed by atoms with E-state index >= 15 is 0 Å². The smallest absolute Gasteiger partial charge is 0.239 e. The summed E-state index contributed by atoms with van der Waals surface area (Å²) in [5.74, 6) is 1.38. The van der Waals surface area contributed by atoms with Crippen molar-refractivity contribution in [1.82, 2.24) is 16.0 Å². The van der Waals surface area contributed by atoms with Gasteiger partial charge in [0.15, 0.2) is 5.96 Å². The fraction of sp³-hybridized carbons (Fsp3) is 0.600. The lowest BCUT2D eigenvalue weighted by atomic mass is 9.67. The van der Waals surface area contributed by atoms with E-state index in [-0.39, 0.29) is 12.5 Å². The molecule has 1 amide bonds. The highest BCUT2D eigenvalue weighted by atomic mass is 16.5. The maximum atomic E-state index is 12.1. The van der Waals surface area contributed by atoms with Gasteiger partial charge in [0.25, 0.3) is 0 Å².